The van der Waals surface area contributed by atoms with Gasteiger partial charge in [-0.15, -0.1) is 0 Å². The molecule has 218 valence electrons. The van der Waals surface area contributed by atoms with Crippen LogP contribution in [-0.4, -0.2) is 69.8 Å². The number of ether oxygens (including phenoxy) is 1. The molecule has 1 N–H and O–H groups in total. The van der Waals surface area contributed by atoms with Crippen LogP contribution in [0.25, 0.3) is 0 Å². The maximum atomic E-state index is 12.0. The van der Waals surface area contributed by atoms with Crippen molar-refractivity contribution in [1.29, 1.82) is 0 Å². The zero-order valence-corrected chi connectivity index (χ0v) is 25.1. The molecule has 0 aromatic carbocycles. The van der Waals surface area contributed by atoms with Crippen LogP contribution in [0.3, 0.4) is 0 Å². The highest BCUT2D eigenvalue weighted by Gasteiger charge is 2.18. The van der Waals surface area contributed by atoms with E-state index in [-0.39, 0.29) is 13.2 Å². The number of phosphoric ester groups is 1. The van der Waals surface area contributed by atoms with Crippen molar-refractivity contribution in [2.45, 2.75) is 129 Å². The summed E-state index contributed by atoms with van der Waals surface area (Å²) in [6, 6.07) is 0. The van der Waals surface area contributed by atoms with Gasteiger partial charge in [0, 0.05) is 6.61 Å². The van der Waals surface area contributed by atoms with Crippen LogP contribution in [0.1, 0.15) is 122 Å². The van der Waals surface area contributed by atoms with Crippen LogP contribution >= 0.6 is 7.82 Å². The first-order valence-electron chi connectivity index (χ1n) is 14.8. The molecule has 0 rings (SSSR count). The lowest BCUT2D eigenvalue weighted by atomic mass is 10.0. The van der Waals surface area contributed by atoms with E-state index in [4.69, 9.17) is 13.8 Å². The predicted octanol–water partition coefficient (Wildman–Crippen LogP) is 6.61. The van der Waals surface area contributed by atoms with Gasteiger partial charge in [0.2, 0.25) is 0 Å². The van der Waals surface area contributed by atoms with Crippen LogP contribution in [0.4, 0.5) is 0 Å². The van der Waals surface area contributed by atoms with E-state index in [1.54, 1.807) is 0 Å². The van der Waals surface area contributed by atoms with Gasteiger partial charge in [-0.05, 0) is 25.7 Å². The molecule has 0 amide bonds. The van der Waals surface area contributed by atoms with Crippen LogP contribution in [0.2, 0.25) is 0 Å². The average Bonchev–Trinajstić information content (AvgIpc) is 2.81. The predicted molar refractivity (Wildman–Crippen MR) is 148 cm³/mol. The average molecular weight is 538 g/mol. The number of nitrogens with zero attached hydrogens (tertiary/aromatic N) is 1. The zero-order valence-electron chi connectivity index (χ0n) is 24.2. The third-order valence-electron chi connectivity index (χ3n) is 6.40. The van der Waals surface area contributed by atoms with Gasteiger partial charge in [0.05, 0.1) is 47.5 Å². The summed E-state index contributed by atoms with van der Waals surface area (Å²) in [6.45, 7) is 3.66. The highest BCUT2D eigenvalue weighted by atomic mass is 31.2. The first kappa shape index (κ1) is 36.0. The van der Waals surface area contributed by atoms with E-state index in [0.29, 0.717) is 13.0 Å². The molecule has 2 unspecified atom stereocenters. The second-order valence-corrected chi connectivity index (χ2v) is 12.7. The summed E-state index contributed by atoms with van der Waals surface area (Å²) in [5, 5.41) is 9.43. The Balaban J connectivity index is 3.58. The fraction of sp³-hybridized carbons (Fsp3) is 1.00. The Morgan fingerprint density at radius 3 is 1.64 bits per heavy atom. The second-order valence-electron chi connectivity index (χ2n) is 11.3. The Hall–Kier alpha value is -0.0100. The van der Waals surface area contributed by atoms with Crippen LogP contribution in [0.5, 0.6) is 0 Å². The van der Waals surface area contributed by atoms with E-state index in [1.807, 2.05) is 0 Å². The van der Waals surface area contributed by atoms with Crippen molar-refractivity contribution in [3.63, 3.8) is 0 Å². The number of hydrogen-bond donors (Lipinski definition) is 1. The maximum absolute atomic E-state index is 12.0. The van der Waals surface area contributed by atoms with Gasteiger partial charge in [0.1, 0.15) is 6.10 Å². The number of rotatable bonds is 28. The summed E-state index contributed by atoms with van der Waals surface area (Å²) in [7, 11) is 2.05. The van der Waals surface area contributed by atoms with Crippen molar-refractivity contribution in [2.24, 2.45) is 0 Å². The molecule has 0 aliphatic rings. The van der Waals surface area contributed by atoms with Crippen molar-refractivity contribution >= 4 is 7.82 Å². The molecule has 0 heterocycles. The molecule has 0 aliphatic carbocycles. The monoisotopic (exact) mass is 537 g/mol. The summed E-state index contributed by atoms with van der Waals surface area (Å²) >= 11 is 0. The third-order valence-corrected chi connectivity index (χ3v) is 7.46. The Morgan fingerprint density at radius 1 is 0.722 bits per heavy atom. The fourth-order valence-corrected chi connectivity index (χ4v) is 5.07. The van der Waals surface area contributed by atoms with Crippen molar-refractivity contribution in [2.75, 3.05) is 54.1 Å². The maximum Gasteiger partial charge on any atom is 0.268 e. The molecule has 0 bridgehead atoms. The van der Waals surface area contributed by atoms with E-state index in [0.717, 1.165) is 43.1 Å². The molecule has 0 aliphatic heterocycles. The number of aliphatic hydroxyl groups excluding tert-OH is 1. The van der Waals surface area contributed by atoms with Crippen molar-refractivity contribution in [3.8, 4) is 0 Å². The Labute approximate surface area is 223 Å². The second kappa shape index (κ2) is 24.1. The van der Waals surface area contributed by atoms with Gasteiger partial charge in [0.15, 0.2) is 0 Å². The highest BCUT2D eigenvalue weighted by Crippen LogP contribution is 2.40. The van der Waals surface area contributed by atoms with Crippen LogP contribution in [0, 0.1) is 0 Å². The lowest BCUT2D eigenvalue weighted by molar-refractivity contribution is -0.870. The minimum atomic E-state index is -4.43. The van der Waals surface area contributed by atoms with Gasteiger partial charge in [-0.2, -0.15) is 0 Å². The summed E-state index contributed by atoms with van der Waals surface area (Å²) in [5.41, 5.74) is 0. The molecule has 0 aromatic rings. The van der Waals surface area contributed by atoms with E-state index in [9.17, 15) is 14.6 Å². The lowest BCUT2D eigenvalue weighted by Gasteiger charge is -2.27. The molecular formula is C28H60NO6P. The number of quaternary nitrogens is 1. The Bertz CT molecular complexity index is 515. The van der Waals surface area contributed by atoms with Crippen molar-refractivity contribution in [1.82, 2.24) is 0 Å². The van der Waals surface area contributed by atoms with E-state index in [1.165, 1.54) is 77.0 Å². The lowest BCUT2D eigenvalue weighted by Crippen LogP contribution is -2.35. The SMILES string of the molecule is CCCCCCCCCCCCCCCCOCC(CO)OP(=O)([O-])OCCCCCC[N+](C)(C)C. The van der Waals surface area contributed by atoms with Gasteiger partial charge in [-0.3, -0.25) is 4.57 Å². The summed E-state index contributed by atoms with van der Waals surface area (Å²) in [4.78, 5) is 12.0. The molecule has 0 fully saturated rings. The molecule has 0 saturated heterocycles. The van der Waals surface area contributed by atoms with Crippen LogP contribution in [0.15, 0.2) is 0 Å². The molecule has 0 aromatic heterocycles. The largest absolute Gasteiger partial charge is 0.756 e. The molecule has 36 heavy (non-hydrogen) atoms. The zero-order chi connectivity index (χ0) is 27.0. The molecule has 0 radical (unpaired) electrons. The van der Waals surface area contributed by atoms with Crippen molar-refractivity contribution in [3.05, 3.63) is 0 Å². The highest BCUT2D eigenvalue weighted by molar-refractivity contribution is 7.45. The summed E-state index contributed by atoms with van der Waals surface area (Å²) in [5.74, 6) is 0. The summed E-state index contributed by atoms with van der Waals surface area (Å²) in [6.07, 6.45) is 21.1. The molecular weight excluding hydrogens is 477 g/mol. The summed E-state index contributed by atoms with van der Waals surface area (Å²) < 4.78 is 28.4. The Morgan fingerprint density at radius 2 is 1.17 bits per heavy atom. The van der Waals surface area contributed by atoms with Crippen molar-refractivity contribution < 1.29 is 32.8 Å². The number of phosphoric acid groups is 1. The van der Waals surface area contributed by atoms with Gasteiger partial charge in [-0.1, -0.05) is 96.8 Å². The topological polar surface area (TPSA) is 88.0 Å². The minimum absolute atomic E-state index is 0.0512. The van der Waals surface area contributed by atoms with Gasteiger partial charge in [-0.25, -0.2) is 0 Å². The van der Waals surface area contributed by atoms with E-state index < -0.39 is 20.5 Å². The van der Waals surface area contributed by atoms with Gasteiger partial charge in [0.25, 0.3) is 7.82 Å². The third kappa shape index (κ3) is 27.0. The molecule has 8 heteroatoms. The van der Waals surface area contributed by atoms with Crippen LogP contribution in [-0.2, 0) is 18.3 Å². The smallest absolute Gasteiger partial charge is 0.268 e. The quantitative estimate of drug-likeness (QED) is 0.0686. The first-order valence-corrected chi connectivity index (χ1v) is 16.3. The Kier molecular flexibility index (Phi) is 24.1. The minimum Gasteiger partial charge on any atom is -0.756 e. The molecule has 0 spiro atoms. The van der Waals surface area contributed by atoms with Gasteiger partial charge >= 0.3 is 0 Å². The van der Waals surface area contributed by atoms with Gasteiger partial charge < -0.3 is 28.3 Å². The first-order chi connectivity index (χ1) is 17.2. The molecule has 7 nitrogen and oxygen atoms in total. The fourth-order valence-electron chi connectivity index (χ4n) is 4.16. The molecule has 2 atom stereocenters. The van der Waals surface area contributed by atoms with E-state index >= 15 is 0 Å². The van der Waals surface area contributed by atoms with Crippen LogP contribution < -0.4 is 4.89 Å². The normalized spacial score (nSPS) is 14.7. The van der Waals surface area contributed by atoms with E-state index in [2.05, 4.69) is 28.1 Å². The number of aliphatic hydroxyl groups is 1. The number of hydrogen-bond acceptors (Lipinski definition) is 6. The molecule has 0 saturated carbocycles. The standard InChI is InChI=1S/C28H60NO6P/c1-5-6-7-8-9-10-11-12-13-14-15-16-18-21-24-33-27-28(26-30)35-36(31,32)34-25-22-19-17-20-23-29(2,3)4/h28,30H,5-27H2,1-4H3. The number of unbranched alkanes of at least 4 members (excludes halogenated alkanes) is 16.